The predicted molar refractivity (Wildman–Crippen MR) is 118 cm³/mol. The number of aliphatic imine (C=N–C) groups is 1. The molecule has 27 heavy (non-hydrogen) atoms. The summed E-state index contributed by atoms with van der Waals surface area (Å²) in [6.07, 6.45) is 0. The molecule has 0 unspecified atom stereocenters. The van der Waals surface area contributed by atoms with E-state index in [9.17, 15) is 4.79 Å². The smallest absolute Gasteiger partial charge is 0.307 e. The molecule has 2 aromatic carbocycles. The van der Waals surface area contributed by atoms with Gasteiger partial charge in [-0.15, -0.1) is 0 Å². The highest BCUT2D eigenvalue weighted by molar-refractivity contribution is 8.15. The predicted octanol–water partition coefficient (Wildman–Crippen LogP) is 6.53. The number of nitrogens with zero attached hydrogens (tertiary/aromatic N) is 2. The number of hydrogen-bond acceptors (Lipinski definition) is 3. The fraction of sp³-hybridized carbons (Fsp3) is 0.300. The number of rotatable bonds is 2. The first-order valence-electron chi connectivity index (χ1n) is 8.53. The molecule has 0 spiro atoms. The Morgan fingerprint density at radius 1 is 1.11 bits per heavy atom. The van der Waals surface area contributed by atoms with Gasteiger partial charge < -0.3 is 5.32 Å². The normalized spacial score (nSPS) is 15.4. The van der Waals surface area contributed by atoms with Crippen molar-refractivity contribution in [2.45, 2.75) is 32.4 Å². The maximum absolute atomic E-state index is 13.1. The Morgan fingerprint density at radius 2 is 1.85 bits per heavy atom. The fourth-order valence-corrected chi connectivity index (χ4v) is 3.95. The Bertz CT molecular complexity index is 927. The van der Waals surface area contributed by atoms with Crippen molar-refractivity contribution >= 4 is 57.5 Å². The van der Waals surface area contributed by atoms with Gasteiger partial charge in [0.1, 0.15) is 0 Å². The Hall–Kier alpha value is -1.69. The minimum absolute atomic E-state index is 0.0445. The number of halogens is 2. The highest BCUT2D eigenvalue weighted by Gasteiger charge is 2.34. The Morgan fingerprint density at radius 3 is 2.44 bits per heavy atom. The third-order valence-corrected chi connectivity index (χ3v) is 6.19. The zero-order valence-corrected chi connectivity index (χ0v) is 18.0. The van der Waals surface area contributed by atoms with Crippen molar-refractivity contribution in [1.29, 1.82) is 0 Å². The van der Waals surface area contributed by atoms with E-state index < -0.39 is 0 Å². The van der Waals surface area contributed by atoms with E-state index in [4.69, 9.17) is 23.2 Å². The second-order valence-electron chi connectivity index (χ2n) is 7.12. The number of aryl methyl sites for hydroxylation is 2. The molecule has 2 amide bonds. The van der Waals surface area contributed by atoms with Crippen molar-refractivity contribution in [3.63, 3.8) is 0 Å². The van der Waals surface area contributed by atoms with E-state index in [0.29, 0.717) is 27.4 Å². The first kappa shape index (κ1) is 20.1. The van der Waals surface area contributed by atoms with Crippen LogP contribution in [0.1, 0.15) is 25.0 Å². The summed E-state index contributed by atoms with van der Waals surface area (Å²) < 4.78 is -0.0445. The summed E-state index contributed by atoms with van der Waals surface area (Å²) in [7, 11) is 0. The molecule has 4 nitrogen and oxygen atoms in total. The molecule has 0 bridgehead atoms. The molecule has 3 rings (SSSR count). The van der Waals surface area contributed by atoms with Gasteiger partial charge in [-0.2, -0.15) is 0 Å². The van der Waals surface area contributed by atoms with Crippen LogP contribution in [-0.2, 0) is 0 Å². The maximum atomic E-state index is 13.1. The summed E-state index contributed by atoms with van der Waals surface area (Å²) in [6.45, 7) is 8.97. The number of urea groups is 1. The lowest BCUT2D eigenvalue weighted by atomic mass is 10.1. The molecule has 0 fully saturated rings. The maximum Gasteiger partial charge on any atom is 0.332 e. The van der Waals surface area contributed by atoms with Crippen molar-refractivity contribution < 1.29 is 4.79 Å². The second-order valence-corrected chi connectivity index (χ2v) is 9.61. The van der Waals surface area contributed by atoms with E-state index in [1.54, 1.807) is 34.9 Å². The molecule has 0 atom stereocenters. The highest BCUT2D eigenvalue weighted by atomic mass is 35.5. The van der Waals surface area contributed by atoms with Crippen LogP contribution >= 0.6 is 35.0 Å². The lowest BCUT2D eigenvalue weighted by Gasteiger charge is -2.25. The van der Waals surface area contributed by atoms with E-state index in [1.807, 2.05) is 32.0 Å². The zero-order chi connectivity index (χ0) is 19.8. The standard InChI is InChI=1S/C20H21Cl2N3OS/c1-12-5-7-15(9-13(12)2)25(19-23-11-20(3,4)27-19)18(26)24-14-6-8-16(21)17(22)10-14/h5-10H,11H2,1-4H3,(H,24,26). The molecule has 1 heterocycles. The summed E-state index contributed by atoms with van der Waals surface area (Å²) in [5.74, 6) is 0. The van der Waals surface area contributed by atoms with Crippen LogP contribution in [0.2, 0.25) is 10.0 Å². The van der Waals surface area contributed by atoms with Crippen LogP contribution in [0.15, 0.2) is 41.4 Å². The van der Waals surface area contributed by atoms with Crippen molar-refractivity contribution in [3.05, 3.63) is 57.6 Å². The largest absolute Gasteiger partial charge is 0.332 e. The van der Waals surface area contributed by atoms with Crippen LogP contribution in [-0.4, -0.2) is 22.5 Å². The highest BCUT2D eigenvalue weighted by Crippen LogP contribution is 2.36. The number of anilines is 2. The Kier molecular flexibility index (Phi) is 5.75. The third-order valence-electron chi connectivity index (χ3n) is 4.28. The number of carbonyl (C=O) groups excluding carboxylic acids is 1. The zero-order valence-electron chi connectivity index (χ0n) is 15.6. The minimum atomic E-state index is -0.291. The van der Waals surface area contributed by atoms with Gasteiger partial charge in [0.2, 0.25) is 0 Å². The molecule has 0 saturated heterocycles. The van der Waals surface area contributed by atoms with Crippen molar-refractivity contribution in [2.75, 3.05) is 16.8 Å². The molecule has 1 N–H and O–H groups in total. The average Bonchev–Trinajstić information content (AvgIpc) is 2.94. The van der Waals surface area contributed by atoms with Crippen LogP contribution in [0.4, 0.5) is 16.2 Å². The third kappa shape index (κ3) is 4.60. The lowest BCUT2D eigenvalue weighted by Crippen LogP contribution is -2.38. The fourth-order valence-electron chi connectivity index (χ4n) is 2.62. The molecule has 1 aliphatic heterocycles. The molecule has 7 heteroatoms. The molecule has 0 radical (unpaired) electrons. The topological polar surface area (TPSA) is 44.7 Å². The summed E-state index contributed by atoms with van der Waals surface area (Å²) in [6, 6.07) is 10.7. The summed E-state index contributed by atoms with van der Waals surface area (Å²) in [5.41, 5.74) is 3.64. The van der Waals surface area contributed by atoms with E-state index in [0.717, 1.165) is 11.3 Å². The number of hydrogen-bond donors (Lipinski definition) is 1. The van der Waals surface area contributed by atoms with Gasteiger partial charge in [0.15, 0.2) is 5.17 Å². The van der Waals surface area contributed by atoms with Gasteiger partial charge >= 0.3 is 6.03 Å². The number of benzene rings is 2. The molecular weight excluding hydrogens is 401 g/mol. The Labute approximate surface area is 173 Å². The molecule has 0 aromatic heterocycles. The summed E-state index contributed by atoms with van der Waals surface area (Å²) in [5, 5.41) is 4.41. The number of amides is 2. The molecule has 0 saturated carbocycles. The number of carbonyl (C=O) groups is 1. The van der Waals surface area contributed by atoms with E-state index in [2.05, 4.69) is 24.2 Å². The molecule has 2 aromatic rings. The number of nitrogens with one attached hydrogen (secondary N) is 1. The van der Waals surface area contributed by atoms with Crippen molar-refractivity contribution in [1.82, 2.24) is 0 Å². The van der Waals surface area contributed by atoms with Crippen LogP contribution in [0.3, 0.4) is 0 Å². The monoisotopic (exact) mass is 421 g/mol. The summed E-state index contributed by atoms with van der Waals surface area (Å²) >= 11 is 13.6. The second kappa shape index (κ2) is 7.74. The van der Waals surface area contributed by atoms with Crippen LogP contribution in [0.25, 0.3) is 0 Å². The van der Waals surface area contributed by atoms with E-state index >= 15 is 0 Å². The van der Waals surface area contributed by atoms with Gasteiger partial charge in [0, 0.05) is 10.4 Å². The van der Waals surface area contributed by atoms with E-state index in [-0.39, 0.29) is 10.8 Å². The van der Waals surface area contributed by atoms with Gasteiger partial charge in [0.05, 0.1) is 22.3 Å². The van der Waals surface area contributed by atoms with Gasteiger partial charge in [-0.05, 0) is 69.2 Å². The lowest BCUT2D eigenvalue weighted by molar-refractivity contribution is 0.259. The Balaban J connectivity index is 1.94. The minimum Gasteiger partial charge on any atom is -0.307 e. The van der Waals surface area contributed by atoms with Gasteiger partial charge in [0.25, 0.3) is 0 Å². The molecular formula is C20H21Cl2N3OS. The quantitative estimate of drug-likeness (QED) is 0.598. The van der Waals surface area contributed by atoms with E-state index in [1.165, 1.54) is 5.56 Å². The number of amidine groups is 1. The van der Waals surface area contributed by atoms with Gasteiger partial charge in [-0.25, -0.2) is 9.69 Å². The number of thioether (sulfide) groups is 1. The van der Waals surface area contributed by atoms with Crippen LogP contribution < -0.4 is 10.2 Å². The average molecular weight is 422 g/mol. The first-order chi connectivity index (χ1) is 12.7. The summed E-state index contributed by atoms with van der Waals surface area (Å²) in [4.78, 5) is 19.4. The van der Waals surface area contributed by atoms with Crippen LogP contribution in [0, 0.1) is 13.8 Å². The van der Waals surface area contributed by atoms with Crippen LogP contribution in [0.5, 0.6) is 0 Å². The van der Waals surface area contributed by atoms with Gasteiger partial charge in [-0.1, -0.05) is 41.0 Å². The SMILES string of the molecule is Cc1ccc(N(C(=O)Nc2ccc(Cl)c(Cl)c2)C2=NCC(C)(C)S2)cc1C. The first-order valence-corrected chi connectivity index (χ1v) is 10.1. The molecule has 1 aliphatic rings. The molecule has 0 aliphatic carbocycles. The van der Waals surface area contributed by atoms with Gasteiger partial charge in [-0.3, -0.25) is 4.99 Å². The van der Waals surface area contributed by atoms with Crippen molar-refractivity contribution in [3.8, 4) is 0 Å². The molecule has 142 valence electrons. The van der Waals surface area contributed by atoms with Crippen molar-refractivity contribution in [2.24, 2.45) is 4.99 Å².